The van der Waals surface area contributed by atoms with Gasteiger partial charge in [-0.2, -0.15) is 0 Å². The van der Waals surface area contributed by atoms with Crippen molar-refractivity contribution in [2.45, 2.75) is 6.54 Å². The minimum absolute atomic E-state index is 0.613. The van der Waals surface area contributed by atoms with Crippen molar-refractivity contribution in [1.29, 1.82) is 0 Å². The number of hydrogen-bond acceptors (Lipinski definition) is 1. The molecule has 0 N–H and O–H groups in total. The van der Waals surface area contributed by atoms with Gasteiger partial charge in [-0.05, 0) is 23.8 Å². The summed E-state index contributed by atoms with van der Waals surface area (Å²) in [6, 6.07) is 15.7. The van der Waals surface area contributed by atoms with Crippen molar-refractivity contribution in [3.05, 3.63) is 76.7 Å². The Bertz CT molecular complexity index is 720. The summed E-state index contributed by atoms with van der Waals surface area (Å²) in [4.78, 5) is 4.41. The summed E-state index contributed by atoms with van der Waals surface area (Å²) in [6.07, 6.45) is 3.80. The van der Waals surface area contributed by atoms with Crippen LogP contribution in [-0.2, 0) is 6.54 Å². The van der Waals surface area contributed by atoms with Crippen LogP contribution >= 0.6 is 23.2 Å². The van der Waals surface area contributed by atoms with Crippen molar-refractivity contribution in [1.82, 2.24) is 9.55 Å². The summed E-state index contributed by atoms with van der Waals surface area (Å²) in [6.45, 7) is 0.791. The molecule has 0 fully saturated rings. The van der Waals surface area contributed by atoms with E-state index in [1.54, 1.807) is 6.07 Å². The summed E-state index contributed by atoms with van der Waals surface area (Å²) in [5.74, 6) is 0. The van der Waals surface area contributed by atoms with E-state index in [1.165, 1.54) is 5.56 Å². The fourth-order valence-corrected chi connectivity index (χ4v) is 2.58. The van der Waals surface area contributed by atoms with E-state index in [-0.39, 0.29) is 0 Å². The lowest BCUT2D eigenvalue weighted by molar-refractivity contribution is 0.797. The molecule has 1 aromatic heterocycles. The van der Waals surface area contributed by atoms with Gasteiger partial charge in [0.05, 0.1) is 17.0 Å². The van der Waals surface area contributed by atoms with E-state index in [1.807, 2.05) is 47.4 Å². The zero-order chi connectivity index (χ0) is 13.9. The van der Waals surface area contributed by atoms with Crippen LogP contribution in [0.3, 0.4) is 0 Å². The normalized spacial score (nSPS) is 10.7. The lowest BCUT2D eigenvalue weighted by Gasteiger charge is -2.02. The van der Waals surface area contributed by atoms with Gasteiger partial charge >= 0.3 is 0 Å². The van der Waals surface area contributed by atoms with Gasteiger partial charge in [0.1, 0.15) is 0 Å². The van der Waals surface area contributed by atoms with Gasteiger partial charge in [-0.25, -0.2) is 4.98 Å². The smallest absolute Gasteiger partial charge is 0.0956 e. The molecular formula is C16H12Cl2N2. The molecule has 4 heteroatoms. The maximum atomic E-state index is 6.20. The molecule has 0 aliphatic carbocycles. The third-order valence-electron chi connectivity index (χ3n) is 3.05. The Morgan fingerprint density at radius 3 is 2.55 bits per heavy atom. The van der Waals surface area contributed by atoms with Gasteiger partial charge in [0.25, 0.3) is 0 Å². The Kier molecular flexibility index (Phi) is 3.77. The zero-order valence-corrected chi connectivity index (χ0v) is 12.1. The zero-order valence-electron chi connectivity index (χ0n) is 10.6. The first-order valence-corrected chi connectivity index (χ1v) is 6.99. The number of nitrogens with zero attached hydrogens (tertiary/aromatic N) is 2. The Morgan fingerprint density at radius 2 is 1.80 bits per heavy atom. The highest BCUT2D eigenvalue weighted by molar-refractivity contribution is 6.36. The van der Waals surface area contributed by atoms with Gasteiger partial charge in [-0.3, -0.25) is 0 Å². The molecule has 0 radical (unpaired) electrons. The molecule has 3 aromatic rings. The van der Waals surface area contributed by atoms with E-state index >= 15 is 0 Å². The molecule has 3 rings (SSSR count). The van der Waals surface area contributed by atoms with Crippen LogP contribution in [0.1, 0.15) is 5.56 Å². The quantitative estimate of drug-likeness (QED) is 0.672. The fraction of sp³-hybridized carbons (Fsp3) is 0.0625. The second-order valence-corrected chi connectivity index (χ2v) is 5.38. The molecule has 100 valence electrons. The lowest BCUT2D eigenvalue weighted by atomic mass is 10.2. The van der Waals surface area contributed by atoms with Gasteiger partial charge in [-0.15, -0.1) is 0 Å². The van der Waals surface area contributed by atoms with Crippen molar-refractivity contribution in [2.75, 3.05) is 0 Å². The molecule has 0 spiro atoms. The Morgan fingerprint density at radius 1 is 1.00 bits per heavy atom. The molecule has 0 saturated heterocycles. The van der Waals surface area contributed by atoms with E-state index < -0.39 is 0 Å². The van der Waals surface area contributed by atoms with Crippen LogP contribution in [0, 0.1) is 0 Å². The first-order chi connectivity index (χ1) is 9.72. The first kappa shape index (κ1) is 13.2. The second kappa shape index (κ2) is 5.70. The monoisotopic (exact) mass is 302 g/mol. The van der Waals surface area contributed by atoms with Gasteiger partial charge in [-0.1, -0.05) is 53.5 Å². The van der Waals surface area contributed by atoms with Gasteiger partial charge in [0, 0.05) is 23.3 Å². The third kappa shape index (κ3) is 2.87. The minimum atomic E-state index is 0.613. The highest BCUT2D eigenvalue weighted by atomic mass is 35.5. The lowest BCUT2D eigenvalue weighted by Crippen LogP contribution is -1.95. The maximum absolute atomic E-state index is 6.20. The van der Waals surface area contributed by atoms with Gasteiger partial charge in [0.2, 0.25) is 0 Å². The van der Waals surface area contributed by atoms with Crippen LogP contribution in [0.2, 0.25) is 10.0 Å². The summed E-state index contributed by atoms with van der Waals surface area (Å²) in [5, 5.41) is 1.24. The average molecular weight is 303 g/mol. The number of halogens is 2. The fourth-order valence-electron chi connectivity index (χ4n) is 2.08. The largest absolute Gasteiger partial charge is 0.332 e. The molecule has 0 atom stereocenters. The molecule has 0 aliphatic heterocycles. The molecular weight excluding hydrogens is 291 g/mol. The molecule has 0 saturated carbocycles. The second-order valence-electron chi connectivity index (χ2n) is 4.54. The van der Waals surface area contributed by atoms with Gasteiger partial charge in [0.15, 0.2) is 0 Å². The summed E-state index contributed by atoms with van der Waals surface area (Å²) < 4.78 is 2.04. The van der Waals surface area contributed by atoms with E-state index in [4.69, 9.17) is 23.2 Å². The Labute approximate surface area is 127 Å². The number of aromatic nitrogens is 2. The SMILES string of the molecule is Clc1ccc(-c2cn(Cc3ccccc3)cn2)c(Cl)c1. The van der Waals surface area contributed by atoms with E-state index in [0.717, 1.165) is 17.8 Å². The number of rotatable bonds is 3. The predicted molar refractivity (Wildman–Crippen MR) is 83.2 cm³/mol. The highest BCUT2D eigenvalue weighted by Gasteiger charge is 2.07. The first-order valence-electron chi connectivity index (χ1n) is 6.23. The summed E-state index contributed by atoms with van der Waals surface area (Å²) >= 11 is 12.1. The van der Waals surface area contributed by atoms with Crippen molar-refractivity contribution in [2.24, 2.45) is 0 Å². The van der Waals surface area contributed by atoms with Crippen LogP contribution in [-0.4, -0.2) is 9.55 Å². The van der Waals surface area contributed by atoms with Crippen LogP contribution in [0.4, 0.5) is 0 Å². The standard InChI is InChI=1S/C16H12Cl2N2/c17-13-6-7-14(15(18)8-13)16-10-20(11-19-16)9-12-4-2-1-3-5-12/h1-8,10-11H,9H2. The van der Waals surface area contributed by atoms with Crippen molar-refractivity contribution in [3.63, 3.8) is 0 Å². The average Bonchev–Trinajstić information content (AvgIpc) is 2.88. The maximum Gasteiger partial charge on any atom is 0.0956 e. The van der Waals surface area contributed by atoms with E-state index in [2.05, 4.69) is 17.1 Å². The number of imidazole rings is 1. The molecule has 1 heterocycles. The van der Waals surface area contributed by atoms with Crippen molar-refractivity contribution >= 4 is 23.2 Å². The molecule has 2 aromatic carbocycles. The molecule has 0 unspecified atom stereocenters. The van der Waals surface area contributed by atoms with E-state index in [9.17, 15) is 0 Å². The third-order valence-corrected chi connectivity index (χ3v) is 3.60. The van der Waals surface area contributed by atoms with Crippen molar-refractivity contribution in [3.8, 4) is 11.3 Å². The topological polar surface area (TPSA) is 17.8 Å². The molecule has 0 amide bonds. The number of hydrogen-bond donors (Lipinski definition) is 0. The Balaban J connectivity index is 1.87. The molecule has 0 aliphatic rings. The van der Waals surface area contributed by atoms with E-state index in [0.29, 0.717) is 10.0 Å². The van der Waals surface area contributed by atoms with Gasteiger partial charge < -0.3 is 4.57 Å². The van der Waals surface area contributed by atoms with Crippen LogP contribution in [0.5, 0.6) is 0 Å². The molecule has 0 bridgehead atoms. The molecule has 20 heavy (non-hydrogen) atoms. The predicted octanol–water partition coefficient (Wildman–Crippen LogP) is 4.91. The van der Waals surface area contributed by atoms with Crippen LogP contribution in [0.25, 0.3) is 11.3 Å². The summed E-state index contributed by atoms with van der Waals surface area (Å²) in [7, 11) is 0. The molecule has 2 nitrogen and oxygen atoms in total. The van der Waals surface area contributed by atoms with Crippen LogP contribution < -0.4 is 0 Å². The minimum Gasteiger partial charge on any atom is -0.332 e. The van der Waals surface area contributed by atoms with Crippen LogP contribution in [0.15, 0.2) is 61.1 Å². The number of benzene rings is 2. The van der Waals surface area contributed by atoms with Crippen molar-refractivity contribution < 1.29 is 0 Å². The highest BCUT2D eigenvalue weighted by Crippen LogP contribution is 2.29. The Hall–Kier alpha value is -1.77. The summed E-state index contributed by atoms with van der Waals surface area (Å²) in [5.41, 5.74) is 2.98.